The summed E-state index contributed by atoms with van der Waals surface area (Å²) in [4.78, 5) is 37.5. The van der Waals surface area contributed by atoms with Gasteiger partial charge in [-0.1, -0.05) is 34.8 Å². The molecule has 2 aromatic carbocycles. The lowest BCUT2D eigenvalue weighted by atomic mass is 10.1. The van der Waals surface area contributed by atoms with Crippen LogP contribution in [0.4, 0.5) is 14.5 Å². The number of amides is 3. The number of hydrogen-bond donors (Lipinski definition) is 2. The van der Waals surface area contributed by atoms with Gasteiger partial charge in [-0.15, -0.1) is 23.2 Å². The lowest BCUT2D eigenvalue weighted by molar-refractivity contribution is -0.135. The topological polar surface area (TPSA) is 78.5 Å². The molecule has 0 saturated heterocycles. The van der Waals surface area contributed by atoms with Crippen LogP contribution >= 0.6 is 58.0 Å². The molecule has 0 aliphatic heterocycles. The normalized spacial score (nSPS) is 23.3. The molecule has 2 saturated carbocycles. The number of nitrogens with one attached hydrogen (secondary N) is 2. The van der Waals surface area contributed by atoms with Crippen LogP contribution in [0.5, 0.6) is 0 Å². The molecule has 2 aliphatic rings. The van der Waals surface area contributed by atoms with Crippen molar-refractivity contribution in [1.82, 2.24) is 10.4 Å². The van der Waals surface area contributed by atoms with E-state index in [4.69, 9.17) is 58.0 Å². The molecule has 35 heavy (non-hydrogen) atoms. The standard InChI is InChI=1S/C22H16Cl5F2N3O3/c1-32(20(35)14-8-21(14,28)29)31-18(33)13-7-12(2-3-15(13)25)30-19(34)17-16(22(17,26)27)9-4-10(23)6-11(24)5-9/h2-7,14,16-17H,8H2,1H3,(H,30,34)(H,31,33). The largest absolute Gasteiger partial charge is 0.326 e. The zero-order valence-electron chi connectivity index (χ0n) is 17.7. The Bertz CT molecular complexity index is 1220. The molecule has 2 aromatic rings. The van der Waals surface area contributed by atoms with Gasteiger partial charge in [0.05, 0.1) is 16.5 Å². The first-order valence-corrected chi connectivity index (χ1v) is 12.0. The molecule has 13 heteroatoms. The quantitative estimate of drug-likeness (QED) is 0.337. The van der Waals surface area contributed by atoms with E-state index in [0.29, 0.717) is 20.6 Å². The van der Waals surface area contributed by atoms with Crippen molar-refractivity contribution in [3.05, 3.63) is 62.6 Å². The van der Waals surface area contributed by atoms with E-state index in [2.05, 4.69) is 10.7 Å². The number of hydrogen-bond acceptors (Lipinski definition) is 3. The van der Waals surface area contributed by atoms with Crippen LogP contribution < -0.4 is 10.7 Å². The molecule has 3 atom stereocenters. The fraction of sp³-hybridized carbons (Fsp3) is 0.318. The van der Waals surface area contributed by atoms with Gasteiger partial charge in [0.15, 0.2) is 0 Å². The molecule has 2 fully saturated rings. The van der Waals surface area contributed by atoms with E-state index in [1.807, 2.05) is 0 Å². The second kappa shape index (κ2) is 9.23. The summed E-state index contributed by atoms with van der Waals surface area (Å²) in [6.45, 7) is 0. The number of alkyl halides is 4. The Balaban J connectivity index is 1.45. The third kappa shape index (κ3) is 5.32. The molecule has 0 aromatic heterocycles. The second-order valence-corrected chi connectivity index (χ2v) is 11.1. The average Bonchev–Trinajstić information content (AvgIpc) is 3.57. The van der Waals surface area contributed by atoms with Crippen molar-refractivity contribution in [2.75, 3.05) is 12.4 Å². The highest BCUT2D eigenvalue weighted by molar-refractivity contribution is 6.53. The first-order valence-electron chi connectivity index (χ1n) is 10.1. The Labute approximate surface area is 223 Å². The summed E-state index contributed by atoms with van der Waals surface area (Å²) < 4.78 is 24.9. The Morgan fingerprint density at radius 2 is 1.63 bits per heavy atom. The zero-order valence-corrected chi connectivity index (χ0v) is 21.5. The zero-order chi connectivity index (χ0) is 25.9. The highest BCUT2D eigenvalue weighted by Crippen LogP contribution is 2.65. The minimum atomic E-state index is -3.07. The summed E-state index contributed by atoms with van der Waals surface area (Å²) in [5, 5.41) is 4.07. The molecule has 4 rings (SSSR count). The number of carbonyl (C=O) groups excluding carboxylic acids is 3. The second-order valence-electron chi connectivity index (χ2n) is 8.37. The monoisotopic (exact) mass is 583 g/mol. The van der Waals surface area contributed by atoms with Gasteiger partial charge >= 0.3 is 0 Å². The lowest BCUT2D eigenvalue weighted by Gasteiger charge is -2.19. The summed E-state index contributed by atoms with van der Waals surface area (Å²) in [6.07, 6.45) is -0.569. The SMILES string of the molecule is CN(NC(=O)c1cc(NC(=O)C2C(c3cc(Cl)cc(Cl)c3)C2(Cl)Cl)ccc1Cl)C(=O)C1CC1(F)F. The maximum atomic E-state index is 13.2. The van der Waals surface area contributed by atoms with Crippen molar-refractivity contribution < 1.29 is 23.2 Å². The number of hydrazine groups is 1. The Morgan fingerprint density at radius 1 is 1.03 bits per heavy atom. The predicted molar refractivity (Wildman–Crippen MR) is 131 cm³/mol. The lowest BCUT2D eigenvalue weighted by Crippen LogP contribution is -2.44. The summed E-state index contributed by atoms with van der Waals surface area (Å²) >= 11 is 30.9. The van der Waals surface area contributed by atoms with Crippen molar-refractivity contribution in [2.24, 2.45) is 11.8 Å². The first kappa shape index (κ1) is 26.2. The molecule has 3 amide bonds. The molecule has 3 unspecified atom stereocenters. The maximum absolute atomic E-state index is 13.2. The summed E-state index contributed by atoms with van der Waals surface area (Å²) in [5.74, 6) is -8.23. The summed E-state index contributed by atoms with van der Waals surface area (Å²) in [5.41, 5.74) is 2.91. The molecule has 0 radical (unpaired) electrons. The van der Waals surface area contributed by atoms with E-state index in [9.17, 15) is 23.2 Å². The van der Waals surface area contributed by atoms with Gasteiger partial charge in [0.25, 0.3) is 11.8 Å². The molecule has 0 bridgehead atoms. The van der Waals surface area contributed by atoms with E-state index >= 15 is 0 Å². The van der Waals surface area contributed by atoms with Crippen LogP contribution in [0.25, 0.3) is 0 Å². The van der Waals surface area contributed by atoms with Crippen LogP contribution in [-0.4, -0.2) is 40.0 Å². The van der Waals surface area contributed by atoms with Gasteiger partial charge in [-0.2, -0.15) is 0 Å². The van der Waals surface area contributed by atoms with Gasteiger partial charge in [-0.05, 0) is 42.0 Å². The van der Waals surface area contributed by atoms with Crippen molar-refractivity contribution in [3.8, 4) is 0 Å². The van der Waals surface area contributed by atoms with Crippen molar-refractivity contribution in [1.29, 1.82) is 0 Å². The van der Waals surface area contributed by atoms with Gasteiger partial charge in [0.2, 0.25) is 11.8 Å². The number of carbonyl (C=O) groups is 3. The minimum absolute atomic E-state index is 0.0139. The molecule has 186 valence electrons. The molecular weight excluding hydrogens is 570 g/mol. The van der Waals surface area contributed by atoms with Crippen molar-refractivity contribution in [2.45, 2.75) is 22.6 Å². The minimum Gasteiger partial charge on any atom is -0.326 e. The Morgan fingerprint density at radius 3 is 2.20 bits per heavy atom. The molecule has 2 aliphatic carbocycles. The van der Waals surface area contributed by atoms with E-state index in [1.54, 1.807) is 12.1 Å². The van der Waals surface area contributed by atoms with Crippen molar-refractivity contribution >= 4 is 81.4 Å². The van der Waals surface area contributed by atoms with Crippen molar-refractivity contribution in [3.63, 3.8) is 0 Å². The first-order chi connectivity index (χ1) is 16.2. The number of rotatable bonds is 5. The maximum Gasteiger partial charge on any atom is 0.271 e. The Hall–Kier alpha value is -1.84. The van der Waals surface area contributed by atoms with E-state index in [1.165, 1.54) is 24.3 Å². The van der Waals surface area contributed by atoms with Gasteiger partial charge in [-0.3, -0.25) is 24.8 Å². The van der Waals surface area contributed by atoms with Crippen LogP contribution in [0.2, 0.25) is 15.1 Å². The fourth-order valence-electron chi connectivity index (χ4n) is 3.80. The van der Waals surface area contributed by atoms with Crippen LogP contribution in [-0.2, 0) is 9.59 Å². The molecule has 2 N–H and O–H groups in total. The molecular formula is C22H16Cl5F2N3O3. The van der Waals surface area contributed by atoms with E-state index in [0.717, 1.165) is 7.05 Å². The van der Waals surface area contributed by atoms with Gasteiger partial charge in [0.1, 0.15) is 10.3 Å². The van der Waals surface area contributed by atoms with Gasteiger partial charge in [0, 0.05) is 35.1 Å². The fourth-order valence-corrected chi connectivity index (χ4v) is 5.38. The average molecular weight is 586 g/mol. The van der Waals surface area contributed by atoms with Crippen LogP contribution in [0.3, 0.4) is 0 Å². The summed E-state index contributed by atoms with van der Waals surface area (Å²) in [6, 6.07) is 8.86. The smallest absolute Gasteiger partial charge is 0.271 e. The predicted octanol–water partition coefficient (Wildman–Crippen LogP) is 5.93. The molecule has 0 spiro atoms. The van der Waals surface area contributed by atoms with E-state index < -0.39 is 52.2 Å². The number of nitrogens with zero attached hydrogens (tertiary/aromatic N) is 1. The number of anilines is 1. The number of halogens is 7. The Kier molecular flexibility index (Phi) is 6.92. The highest BCUT2D eigenvalue weighted by atomic mass is 35.5. The third-order valence-electron chi connectivity index (χ3n) is 5.78. The van der Waals surface area contributed by atoms with E-state index in [-0.39, 0.29) is 16.3 Å². The molecule has 0 heterocycles. The van der Waals surface area contributed by atoms with Gasteiger partial charge < -0.3 is 5.32 Å². The summed E-state index contributed by atoms with van der Waals surface area (Å²) in [7, 11) is 1.16. The highest BCUT2D eigenvalue weighted by Gasteiger charge is 2.67. The van der Waals surface area contributed by atoms with Crippen LogP contribution in [0.15, 0.2) is 36.4 Å². The van der Waals surface area contributed by atoms with Crippen LogP contribution in [0, 0.1) is 11.8 Å². The molecule has 6 nitrogen and oxygen atoms in total. The van der Waals surface area contributed by atoms with Gasteiger partial charge in [-0.25, -0.2) is 8.78 Å². The van der Waals surface area contributed by atoms with Crippen LogP contribution in [0.1, 0.15) is 28.3 Å². The third-order valence-corrected chi connectivity index (χ3v) is 7.49. The number of benzene rings is 2.